The first-order chi connectivity index (χ1) is 13.6. The predicted octanol–water partition coefficient (Wildman–Crippen LogP) is 2.90. The first-order valence-electron chi connectivity index (χ1n) is 7.60. The second-order valence-electron chi connectivity index (χ2n) is 4.71. The minimum atomic E-state index is -0.649. The number of nitrogen functional groups attached to an aromatic ring is 2. The summed E-state index contributed by atoms with van der Waals surface area (Å²) in [5.41, 5.74) is 11.7. The number of anilines is 2. The Balaban J connectivity index is 0.000000448. The molecule has 29 heavy (non-hydrogen) atoms. The Labute approximate surface area is 174 Å². The summed E-state index contributed by atoms with van der Waals surface area (Å²) < 4.78 is 33.6. The average Bonchev–Trinajstić information content (AvgIpc) is 2.71. The molecule has 8 nitrogen and oxygen atoms in total. The van der Waals surface area contributed by atoms with Crippen molar-refractivity contribution in [1.82, 2.24) is 9.97 Å². The Morgan fingerprint density at radius 1 is 1.00 bits per heavy atom. The Morgan fingerprint density at radius 2 is 1.52 bits per heavy atom. The normalized spacial score (nSPS) is 9.41. The molecule has 0 aliphatic rings. The van der Waals surface area contributed by atoms with Crippen molar-refractivity contribution >= 4 is 45.3 Å². The number of hydrogen-bond donors (Lipinski definition) is 2. The van der Waals surface area contributed by atoms with E-state index in [1.165, 1.54) is 38.5 Å². The number of carbonyl (C=O) groups excluding carboxylic acids is 2. The van der Waals surface area contributed by atoms with Gasteiger partial charge in [0.25, 0.3) is 0 Å². The number of pyridine rings is 2. The van der Waals surface area contributed by atoms with Crippen LogP contribution in [0.5, 0.6) is 0 Å². The molecule has 0 spiro atoms. The van der Waals surface area contributed by atoms with Gasteiger partial charge in [0.15, 0.2) is 0 Å². The molecule has 0 saturated heterocycles. The van der Waals surface area contributed by atoms with Crippen LogP contribution >= 0.6 is 15.9 Å². The van der Waals surface area contributed by atoms with Crippen LogP contribution in [0, 0.1) is 11.9 Å². The van der Waals surface area contributed by atoms with Crippen LogP contribution in [0.2, 0.25) is 0 Å². The topological polar surface area (TPSA) is 130 Å². The number of rotatable bonds is 3. The zero-order valence-corrected chi connectivity index (χ0v) is 17.2. The Hall–Kier alpha value is -3.34. The molecule has 0 saturated carbocycles. The van der Waals surface area contributed by atoms with E-state index in [9.17, 15) is 18.4 Å². The molecule has 2 aromatic rings. The monoisotopic (exact) mass is 472 g/mol. The minimum Gasteiger partial charge on any atom is -0.466 e. The molecular weight excluding hydrogens is 454 g/mol. The van der Waals surface area contributed by atoms with Crippen LogP contribution in [0.3, 0.4) is 0 Å². The number of carbonyl (C=O) groups is 2. The Kier molecular flexibility index (Phi) is 12.2. The van der Waals surface area contributed by atoms with E-state index in [4.69, 9.17) is 11.5 Å². The van der Waals surface area contributed by atoms with Gasteiger partial charge < -0.3 is 20.9 Å². The molecule has 0 radical (unpaired) electrons. The van der Waals surface area contributed by atoms with E-state index in [0.29, 0.717) is 16.0 Å². The molecule has 0 amide bonds. The quantitative estimate of drug-likeness (QED) is 0.396. The summed E-state index contributed by atoms with van der Waals surface area (Å²) in [7, 11) is 2.55. The number of halogens is 3. The SMILES string of the molecule is C=CC(=O)OC.COC(=O)/C=C/c1nc(F)ccc1N.Nc1ccc(F)nc1Br. The molecular formula is C18H19BrF2N4O4. The molecule has 2 rings (SSSR count). The highest BCUT2D eigenvalue weighted by molar-refractivity contribution is 9.10. The maximum Gasteiger partial charge on any atom is 0.330 e. The van der Waals surface area contributed by atoms with Crippen LogP contribution in [-0.2, 0) is 19.1 Å². The lowest BCUT2D eigenvalue weighted by atomic mass is 10.3. The van der Waals surface area contributed by atoms with E-state index in [1.807, 2.05) is 0 Å². The lowest BCUT2D eigenvalue weighted by molar-refractivity contribution is -0.135. The van der Waals surface area contributed by atoms with Gasteiger partial charge in [-0.2, -0.15) is 8.78 Å². The molecule has 11 heteroatoms. The van der Waals surface area contributed by atoms with E-state index in [2.05, 4.69) is 42.0 Å². The van der Waals surface area contributed by atoms with Crippen LogP contribution in [0.1, 0.15) is 5.69 Å². The fourth-order valence-corrected chi connectivity index (χ4v) is 1.62. The van der Waals surface area contributed by atoms with Gasteiger partial charge in [-0.15, -0.1) is 0 Å². The van der Waals surface area contributed by atoms with E-state index in [0.717, 1.165) is 18.2 Å². The first-order valence-corrected chi connectivity index (χ1v) is 8.39. The summed E-state index contributed by atoms with van der Waals surface area (Å²) in [6.07, 6.45) is 3.53. The van der Waals surface area contributed by atoms with Gasteiger partial charge in [-0.3, -0.25) is 0 Å². The predicted molar refractivity (Wildman–Crippen MR) is 108 cm³/mol. The molecule has 2 heterocycles. The number of esters is 2. The summed E-state index contributed by atoms with van der Waals surface area (Å²) in [5, 5.41) is 0. The fourth-order valence-electron chi connectivity index (χ4n) is 1.32. The zero-order valence-electron chi connectivity index (χ0n) is 15.6. The van der Waals surface area contributed by atoms with Crippen molar-refractivity contribution in [3.8, 4) is 0 Å². The summed E-state index contributed by atoms with van der Waals surface area (Å²) in [6, 6.07) is 5.18. The van der Waals surface area contributed by atoms with Crippen LogP contribution in [0.25, 0.3) is 6.08 Å². The molecule has 0 aliphatic heterocycles. The third kappa shape index (κ3) is 11.2. The van der Waals surface area contributed by atoms with Crippen molar-refractivity contribution in [1.29, 1.82) is 0 Å². The zero-order chi connectivity index (χ0) is 22.4. The molecule has 0 atom stereocenters. The Morgan fingerprint density at radius 3 is 1.93 bits per heavy atom. The van der Waals surface area contributed by atoms with Crippen LogP contribution in [0.4, 0.5) is 20.2 Å². The lowest BCUT2D eigenvalue weighted by Gasteiger charge is -1.98. The molecule has 0 bridgehead atoms. The first kappa shape index (κ1) is 25.7. The number of methoxy groups -OCH3 is 2. The molecule has 2 aromatic heterocycles. The molecule has 0 aromatic carbocycles. The highest BCUT2D eigenvalue weighted by Crippen LogP contribution is 2.15. The highest BCUT2D eigenvalue weighted by Gasteiger charge is 2.00. The average molecular weight is 473 g/mol. The lowest BCUT2D eigenvalue weighted by Crippen LogP contribution is -1.97. The number of ether oxygens (including phenoxy) is 2. The van der Waals surface area contributed by atoms with Crippen molar-refractivity contribution in [3.05, 3.63) is 65.2 Å². The van der Waals surface area contributed by atoms with Crippen molar-refractivity contribution in [3.63, 3.8) is 0 Å². The van der Waals surface area contributed by atoms with Crippen molar-refractivity contribution < 1.29 is 27.8 Å². The third-order valence-corrected chi connectivity index (χ3v) is 3.35. The van der Waals surface area contributed by atoms with Crippen molar-refractivity contribution in [2.24, 2.45) is 0 Å². The van der Waals surface area contributed by atoms with Gasteiger partial charge in [-0.1, -0.05) is 6.58 Å². The third-order valence-electron chi connectivity index (χ3n) is 2.71. The van der Waals surface area contributed by atoms with E-state index in [1.54, 1.807) is 0 Å². The number of hydrogen-bond acceptors (Lipinski definition) is 8. The van der Waals surface area contributed by atoms with E-state index < -0.39 is 23.8 Å². The van der Waals surface area contributed by atoms with E-state index in [-0.39, 0.29) is 5.69 Å². The Bertz CT molecular complexity index is 879. The number of aromatic nitrogens is 2. The van der Waals surface area contributed by atoms with Crippen molar-refractivity contribution in [2.75, 3.05) is 25.7 Å². The second-order valence-corrected chi connectivity index (χ2v) is 5.46. The summed E-state index contributed by atoms with van der Waals surface area (Å²) in [5.74, 6) is -2.12. The van der Waals surface area contributed by atoms with Crippen LogP contribution in [-0.4, -0.2) is 36.1 Å². The van der Waals surface area contributed by atoms with E-state index >= 15 is 0 Å². The maximum absolute atomic E-state index is 12.6. The van der Waals surface area contributed by atoms with Gasteiger partial charge in [0.1, 0.15) is 4.60 Å². The molecule has 0 unspecified atom stereocenters. The summed E-state index contributed by atoms with van der Waals surface area (Å²) in [6.45, 7) is 3.16. The molecule has 0 aliphatic carbocycles. The van der Waals surface area contributed by atoms with Gasteiger partial charge in [0.2, 0.25) is 11.9 Å². The van der Waals surface area contributed by atoms with Crippen molar-refractivity contribution in [2.45, 2.75) is 0 Å². The minimum absolute atomic E-state index is 0.204. The number of nitrogens with two attached hydrogens (primary N) is 2. The van der Waals surface area contributed by atoms with Gasteiger partial charge in [0, 0.05) is 12.2 Å². The maximum atomic E-state index is 12.6. The highest BCUT2D eigenvalue weighted by atomic mass is 79.9. The smallest absolute Gasteiger partial charge is 0.330 e. The van der Waals surface area contributed by atoms with Gasteiger partial charge in [-0.25, -0.2) is 19.6 Å². The fraction of sp³-hybridized carbons (Fsp3) is 0.111. The van der Waals surface area contributed by atoms with Crippen LogP contribution in [0.15, 0.2) is 47.6 Å². The summed E-state index contributed by atoms with van der Waals surface area (Å²) >= 11 is 2.97. The largest absolute Gasteiger partial charge is 0.466 e. The van der Waals surface area contributed by atoms with Gasteiger partial charge >= 0.3 is 11.9 Å². The second kappa shape index (κ2) is 13.8. The summed E-state index contributed by atoms with van der Waals surface area (Å²) in [4.78, 5) is 27.4. The standard InChI is InChI=1S/C9H9FN2O2.C5H4BrFN2.C4H6O2/c1-14-9(13)5-3-7-6(11)2-4-8(10)12-7;6-5-3(8)1-2-4(7)9-5;1-3-4(5)6-2/h2-5H,11H2,1H3;1-2H,8H2;3H,1H2,2H3/b5-3+;;. The van der Waals surface area contributed by atoms with Crippen LogP contribution < -0.4 is 11.5 Å². The molecule has 156 valence electrons. The molecule has 4 N–H and O–H groups in total. The van der Waals surface area contributed by atoms with Gasteiger partial charge in [0.05, 0.1) is 31.3 Å². The number of nitrogens with zero attached hydrogens (tertiary/aromatic N) is 2. The van der Waals surface area contributed by atoms with Gasteiger partial charge in [-0.05, 0) is 46.3 Å². The molecule has 0 fully saturated rings.